The molecule has 0 N–H and O–H groups in total. The summed E-state index contributed by atoms with van der Waals surface area (Å²) in [7, 11) is 0. The highest BCUT2D eigenvalue weighted by molar-refractivity contribution is 4.54. The molecule has 86 valence electrons. The lowest BCUT2D eigenvalue weighted by Gasteiger charge is -2.16. The quantitative estimate of drug-likeness (QED) is 0.501. The van der Waals surface area contributed by atoms with Crippen LogP contribution in [-0.2, 0) is 4.74 Å². The van der Waals surface area contributed by atoms with Gasteiger partial charge in [-0.25, -0.2) is 0 Å². The first-order valence-electron chi connectivity index (χ1n) is 6.30. The molecule has 1 unspecified atom stereocenters. The summed E-state index contributed by atoms with van der Waals surface area (Å²) < 4.78 is 5.71. The van der Waals surface area contributed by atoms with E-state index in [9.17, 15) is 0 Å². The lowest BCUT2D eigenvalue weighted by atomic mass is 10.1. The molecule has 0 spiro atoms. The lowest BCUT2D eigenvalue weighted by Crippen LogP contribution is -2.15. The normalized spacial score (nSPS) is 13.5. The van der Waals surface area contributed by atoms with Gasteiger partial charge in [-0.15, -0.1) is 0 Å². The highest BCUT2D eigenvalue weighted by atomic mass is 16.5. The molecule has 0 amide bonds. The van der Waals surface area contributed by atoms with Crippen LogP contribution in [0.1, 0.15) is 66.2 Å². The van der Waals surface area contributed by atoms with Crippen molar-refractivity contribution in [3.63, 3.8) is 0 Å². The number of unbranched alkanes of at least 4 members (excludes halogenated alkanes) is 5. The van der Waals surface area contributed by atoms with Crippen molar-refractivity contribution < 1.29 is 4.74 Å². The second-order valence-electron chi connectivity index (χ2n) is 4.59. The van der Waals surface area contributed by atoms with E-state index in [0.717, 1.165) is 6.61 Å². The van der Waals surface area contributed by atoms with Crippen LogP contribution >= 0.6 is 0 Å². The van der Waals surface area contributed by atoms with Crippen LogP contribution in [0.4, 0.5) is 0 Å². The van der Waals surface area contributed by atoms with Crippen molar-refractivity contribution >= 4 is 0 Å². The summed E-state index contributed by atoms with van der Waals surface area (Å²) in [6.07, 6.45) is 8.50. The van der Waals surface area contributed by atoms with Gasteiger partial charge in [0, 0.05) is 6.61 Å². The van der Waals surface area contributed by atoms with Gasteiger partial charge in [0.25, 0.3) is 0 Å². The Morgan fingerprint density at radius 3 is 2.00 bits per heavy atom. The number of ether oxygens (including phenoxy) is 1. The van der Waals surface area contributed by atoms with Gasteiger partial charge in [0.1, 0.15) is 0 Å². The summed E-state index contributed by atoms with van der Waals surface area (Å²) in [4.78, 5) is 0. The summed E-state index contributed by atoms with van der Waals surface area (Å²) in [5.41, 5.74) is 0. The predicted octanol–water partition coefficient (Wildman–Crippen LogP) is 4.41. The highest BCUT2D eigenvalue weighted by Gasteiger charge is 2.05. The third kappa shape index (κ3) is 8.55. The fourth-order valence-corrected chi connectivity index (χ4v) is 1.34. The van der Waals surface area contributed by atoms with Gasteiger partial charge in [0.05, 0.1) is 6.10 Å². The van der Waals surface area contributed by atoms with Crippen molar-refractivity contribution in [3.8, 4) is 0 Å². The Morgan fingerprint density at radius 2 is 1.43 bits per heavy atom. The summed E-state index contributed by atoms with van der Waals surface area (Å²) in [6, 6.07) is 0. The van der Waals surface area contributed by atoms with Gasteiger partial charge in [-0.3, -0.25) is 0 Å². The molecular formula is C13H28O. The average Bonchev–Trinajstić information content (AvgIpc) is 2.16. The minimum Gasteiger partial charge on any atom is -0.378 e. The standard InChI is InChI=1S/C13H28O/c1-5-6-7-8-9-10-11-14-13(4)12(2)3/h12-13H,5-11H2,1-4H3. The maximum Gasteiger partial charge on any atom is 0.0569 e. The van der Waals surface area contributed by atoms with Gasteiger partial charge < -0.3 is 4.74 Å². The molecule has 0 aromatic rings. The third-order valence-corrected chi connectivity index (χ3v) is 2.82. The van der Waals surface area contributed by atoms with E-state index in [1.807, 2.05) is 0 Å². The van der Waals surface area contributed by atoms with Crippen LogP contribution < -0.4 is 0 Å². The monoisotopic (exact) mass is 200 g/mol. The van der Waals surface area contributed by atoms with E-state index in [4.69, 9.17) is 4.74 Å². The van der Waals surface area contributed by atoms with Crippen LogP contribution in [0.5, 0.6) is 0 Å². The molecular weight excluding hydrogens is 172 g/mol. The average molecular weight is 200 g/mol. The molecule has 0 saturated heterocycles. The summed E-state index contributed by atoms with van der Waals surface area (Å²) in [5, 5.41) is 0. The van der Waals surface area contributed by atoms with E-state index >= 15 is 0 Å². The minimum atomic E-state index is 0.422. The van der Waals surface area contributed by atoms with Gasteiger partial charge in [0.15, 0.2) is 0 Å². The highest BCUT2D eigenvalue weighted by Crippen LogP contribution is 2.08. The molecule has 0 radical (unpaired) electrons. The van der Waals surface area contributed by atoms with Crippen molar-refractivity contribution in [3.05, 3.63) is 0 Å². The molecule has 1 heteroatoms. The fourth-order valence-electron chi connectivity index (χ4n) is 1.34. The molecule has 0 aliphatic carbocycles. The summed E-state index contributed by atoms with van der Waals surface area (Å²) in [5.74, 6) is 0.648. The second kappa shape index (κ2) is 9.51. The number of rotatable bonds is 9. The lowest BCUT2D eigenvalue weighted by molar-refractivity contribution is 0.0331. The molecule has 0 aromatic heterocycles. The smallest absolute Gasteiger partial charge is 0.0569 e. The number of hydrogen-bond donors (Lipinski definition) is 0. The van der Waals surface area contributed by atoms with Crippen molar-refractivity contribution in [1.82, 2.24) is 0 Å². The molecule has 0 saturated carbocycles. The van der Waals surface area contributed by atoms with Crippen molar-refractivity contribution in [2.45, 2.75) is 72.3 Å². The Morgan fingerprint density at radius 1 is 0.857 bits per heavy atom. The van der Waals surface area contributed by atoms with E-state index < -0.39 is 0 Å². The maximum absolute atomic E-state index is 5.71. The van der Waals surface area contributed by atoms with Crippen molar-refractivity contribution in [2.24, 2.45) is 5.92 Å². The van der Waals surface area contributed by atoms with Crippen LogP contribution in [0.25, 0.3) is 0 Å². The van der Waals surface area contributed by atoms with Crippen LogP contribution in [0.3, 0.4) is 0 Å². The molecule has 0 heterocycles. The van der Waals surface area contributed by atoms with Gasteiger partial charge in [-0.2, -0.15) is 0 Å². The zero-order valence-corrected chi connectivity index (χ0v) is 10.5. The Hall–Kier alpha value is -0.0400. The van der Waals surface area contributed by atoms with Crippen molar-refractivity contribution in [1.29, 1.82) is 0 Å². The maximum atomic E-state index is 5.71. The number of hydrogen-bond acceptors (Lipinski definition) is 1. The molecule has 14 heavy (non-hydrogen) atoms. The minimum absolute atomic E-state index is 0.422. The molecule has 0 bridgehead atoms. The van der Waals surface area contributed by atoms with E-state index in [2.05, 4.69) is 27.7 Å². The molecule has 1 nitrogen and oxygen atoms in total. The van der Waals surface area contributed by atoms with Crippen molar-refractivity contribution in [2.75, 3.05) is 6.61 Å². The van der Waals surface area contributed by atoms with Crippen LogP contribution in [-0.4, -0.2) is 12.7 Å². The first-order valence-corrected chi connectivity index (χ1v) is 6.30. The molecule has 0 fully saturated rings. The third-order valence-electron chi connectivity index (χ3n) is 2.82. The predicted molar refractivity (Wildman–Crippen MR) is 63.6 cm³/mol. The summed E-state index contributed by atoms with van der Waals surface area (Å²) in [6.45, 7) is 9.80. The SMILES string of the molecule is CCCCCCCCOC(C)C(C)C. The van der Waals surface area contributed by atoms with Gasteiger partial charge >= 0.3 is 0 Å². The van der Waals surface area contributed by atoms with E-state index in [-0.39, 0.29) is 0 Å². The van der Waals surface area contributed by atoms with Gasteiger partial charge in [-0.1, -0.05) is 52.9 Å². The Bertz CT molecular complexity index is 110. The zero-order valence-electron chi connectivity index (χ0n) is 10.5. The molecule has 0 aliphatic rings. The molecule has 0 aromatic carbocycles. The van der Waals surface area contributed by atoms with Gasteiger partial charge in [-0.05, 0) is 19.3 Å². The fraction of sp³-hybridized carbons (Fsp3) is 1.00. The Balaban J connectivity index is 3.06. The second-order valence-corrected chi connectivity index (χ2v) is 4.59. The van der Waals surface area contributed by atoms with E-state index in [1.165, 1.54) is 38.5 Å². The first kappa shape index (κ1) is 14.0. The molecule has 0 rings (SSSR count). The summed E-state index contributed by atoms with van der Waals surface area (Å²) >= 11 is 0. The molecule has 1 atom stereocenters. The van der Waals surface area contributed by atoms with Gasteiger partial charge in [0.2, 0.25) is 0 Å². The Kier molecular flexibility index (Phi) is 9.49. The van der Waals surface area contributed by atoms with E-state index in [1.54, 1.807) is 0 Å². The van der Waals surface area contributed by atoms with Crippen LogP contribution in [0, 0.1) is 5.92 Å². The molecule has 0 aliphatic heterocycles. The topological polar surface area (TPSA) is 9.23 Å². The first-order chi connectivity index (χ1) is 6.68. The Labute approximate surface area is 90.2 Å². The van der Waals surface area contributed by atoms with Crippen LogP contribution in [0.2, 0.25) is 0 Å². The largest absolute Gasteiger partial charge is 0.378 e. The van der Waals surface area contributed by atoms with E-state index in [0.29, 0.717) is 12.0 Å². The zero-order chi connectivity index (χ0) is 10.8. The van der Waals surface area contributed by atoms with Crippen LogP contribution in [0.15, 0.2) is 0 Å².